The molecule has 2 fully saturated rings. The number of carbonyl (C=O) groups excluding carboxylic acids is 1. The van der Waals surface area contributed by atoms with Crippen molar-refractivity contribution in [1.82, 2.24) is 0 Å². The van der Waals surface area contributed by atoms with Crippen LogP contribution in [0.2, 0.25) is 0 Å². The Bertz CT molecular complexity index is 700. The summed E-state index contributed by atoms with van der Waals surface area (Å²) < 4.78 is 33.4. The monoisotopic (exact) mass is 478 g/mol. The molecule has 1 aromatic rings. The van der Waals surface area contributed by atoms with Crippen LogP contribution in [0.1, 0.15) is 135 Å². The molecule has 0 amide bonds. The molecule has 0 aromatic heterocycles. The fourth-order valence-corrected chi connectivity index (χ4v) is 5.55. The molecule has 34 heavy (non-hydrogen) atoms. The van der Waals surface area contributed by atoms with E-state index in [1.807, 2.05) is 0 Å². The molecule has 0 bridgehead atoms. The van der Waals surface area contributed by atoms with E-state index < -0.39 is 11.6 Å². The van der Waals surface area contributed by atoms with Crippen LogP contribution in [0.3, 0.4) is 0 Å². The summed E-state index contributed by atoms with van der Waals surface area (Å²) in [5, 5.41) is 0. The van der Waals surface area contributed by atoms with E-state index in [2.05, 4.69) is 13.8 Å². The van der Waals surface area contributed by atoms with Gasteiger partial charge in [-0.2, -0.15) is 4.39 Å². The van der Waals surface area contributed by atoms with Crippen LogP contribution in [-0.2, 0) is 4.79 Å². The van der Waals surface area contributed by atoms with Gasteiger partial charge in [-0.25, -0.2) is 4.39 Å². The van der Waals surface area contributed by atoms with E-state index >= 15 is 0 Å². The molecule has 0 unspecified atom stereocenters. The van der Waals surface area contributed by atoms with Gasteiger partial charge >= 0.3 is 0 Å². The van der Waals surface area contributed by atoms with Gasteiger partial charge in [-0.15, -0.1) is 0 Å². The molecular formula is C30H48F2O2. The molecule has 2 nitrogen and oxygen atoms in total. The molecule has 1 aromatic carbocycles. The van der Waals surface area contributed by atoms with Gasteiger partial charge in [0, 0.05) is 12.8 Å². The van der Waals surface area contributed by atoms with Crippen LogP contribution < -0.4 is 4.74 Å². The van der Waals surface area contributed by atoms with Crippen molar-refractivity contribution in [2.24, 2.45) is 11.8 Å². The Morgan fingerprint density at radius 1 is 0.765 bits per heavy atom. The van der Waals surface area contributed by atoms with Crippen LogP contribution in [0.25, 0.3) is 0 Å². The van der Waals surface area contributed by atoms with E-state index in [0.717, 1.165) is 50.4 Å². The van der Waals surface area contributed by atoms with Crippen LogP contribution >= 0.6 is 0 Å². The minimum atomic E-state index is -0.829. The minimum absolute atomic E-state index is 0.0250. The first-order chi connectivity index (χ1) is 16.5. The summed E-state index contributed by atoms with van der Waals surface area (Å²) in [5.74, 6) is 0.781. The predicted octanol–water partition coefficient (Wildman–Crippen LogP) is 9.54. The number of ketones is 1. The standard InChI is InChI=1S/C19H28F2O.C11H20O/c1-3-5-6-7-14-8-10-15(11-9-14)16-12-13-17(22-4-2)19(21)18(16)20;1-2-3-4-5-10-6-8-11(12)9-7-10/h12-15H,3-11H2,1-2H3;10H,2-9H2,1H3. The molecule has 2 saturated carbocycles. The summed E-state index contributed by atoms with van der Waals surface area (Å²) in [5.41, 5.74) is 0.535. The Labute approximate surface area is 207 Å². The summed E-state index contributed by atoms with van der Waals surface area (Å²) in [7, 11) is 0. The van der Waals surface area contributed by atoms with Crippen molar-refractivity contribution in [3.8, 4) is 5.75 Å². The zero-order chi connectivity index (χ0) is 24.8. The van der Waals surface area contributed by atoms with Crippen molar-refractivity contribution in [2.75, 3.05) is 6.61 Å². The Hall–Kier alpha value is -1.45. The second kappa shape index (κ2) is 16.3. The van der Waals surface area contributed by atoms with E-state index in [9.17, 15) is 13.6 Å². The quantitative estimate of drug-likeness (QED) is 0.296. The molecule has 0 N–H and O–H groups in total. The van der Waals surface area contributed by atoms with Crippen LogP contribution in [-0.4, -0.2) is 12.4 Å². The number of benzene rings is 1. The number of unbranched alkanes of at least 4 members (excludes halogenated alkanes) is 4. The number of hydrogen-bond acceptors (Lipinski definition) is 2. The lowest BCUT2D eigenvalue weighted by Crippen LogP contribution is -2.15. The Morgan fingerprint density at radius 2 is 1.32 bits per heavy atom. The lowest BCUT2D eigenvalue weighted by Gasteiger charge is -2.29. The van der Waals surface area contributed by atoms with Crippen molar-refractivity contribution >= 4 is 5.78 Å². The van der Waals surface area contributed by atoms with Gasteiger partial charge in [-0.3, -0.25) is 4.79 Å². The topological polar surface area (TPSA) is 26.3 Å². The minimum Gasteiger partial charge on any atom is -0.491 e. The number of ether oxygens (including phenoxy) is 1. The van der Waals surface area contributed by atoms with Crippen molar-refractivity contribution in [3.63, 3.8) is 0 Å². The molecule has 0 heterocycles. The lowest BCUT2D eigenvalue weighted by atomic mass is 9.77. The molecule has 4 heteroatoms. The van der Waals surface area contributed by atoms with E-state index in [0.29, 0.717) is 18.0 Å². The number of hydrogen-bond donors (Lipinski definition) is 0. The average molecular weight is 479 g/mol. The van der Waals surface area contributed by atoms with Gasteiger partial charge in [0.2, 0.25) is 5.82 Å². The van der Waals surface area contributed by atoms with Crippen molar-refractivity contribution in [2.45, 2.75) is 129 Å². The van der Waals surface area contributed by atoms with Crippen molar-refractivity contribution in [1.29, 1.82) is 0 Å². The summed E-state index contributed by atoms with van der Waals surface area (Å²) >= 11 is 0. The van der Waals surface area contributed by atoms with Crippen molar-refractivity contribution < 1.29 is 18.3 Å². The van der Waals surface area contributed by atoms with Gasteiger partial charge in [0.15, 0.2) is 11.6 Å². The third kappa shape index (κ3) is 9.66. The number of carbonyl (C=O) groups is 1. The van der Waals surface area contributed by atoms with E-state index in [-0.39, 0.29) is 11.7 Å². The molecule has 0 spiro atoms. The molecule has 0 radical (unpaired) electrons. The summed E-state index contributed by atoms with van der Waals surface area (Å²) in [4.78, 5) is 10.9. The number of halogens is 2. The van der Waals surface area contributed by atoms with Crippen molar-refractivity contribution in [3.05, 3.63) is 29.3 Å². The highest BCUT2D eigenvalue weighted by molar-refractivity contribution is 5.78. The van der Waals surface area contributed by atoms with Gasteiger partial charge in [0.25, 0.3) is 0 Å². The molecule has 194 valence electrons. The first-order valence-corrected chi connectivity index (χ1v) is 14.1. The van der Waals surface area contributed by atoms with Gasteiger partial charge in [-0.05, 0) is 74.8 Å². The van der Waals surface area contributed by atoms with E-state index in [1.165, 1.54) is 64.2 Å². The second-order valence-electron chi connectivity index (χ2n) is 10.4. The Morgan fingerprint density at radius 3 is 1.85 bits per heavy atom. The highest BCUT2D eigenvalue weighted by Gasteiger charge is 2.26. The van der Waals surface area contributed by atoms with Crippen LogP contribution in [0, 0.1) is 23.5 Å². The van der Waals surface area contributed by atoms with Crippen LogP contribution in [0.4, 0.5) is 8.78 Å². The van der Waals surface area contributed by atoms with Crippen LogP contribution in [0.5, 0.6) is 5.75 Å². The van der Waals surface area contributed by atoms with Gasteiger partial charge in [-0.1, -0.05) is 71.3 Å². The third-order valence-electron chi connectivity index (χ3n) is 7.76. The first-order valence-electron chi connectivity index (χ1n) is 14.1. The molecule has 3 rings (SSSR count). The van der Waals surface area contributed by atoms with Crippen LogP contribution in [0.15, 0.2) is 12.1 Å². The normalized spacial score (nSPS) is 21.1. The number of Topliss-reactive ketones (excluding diaryl/α,β-unsaturated/α-hetero) is 1. The van der Waals surface area contributed by atoms with Gasteiger partial charge in [0.1, 0.15) is 5.78 Å². The molecule has 2 aliphatic carbocycles. The summed E-state index contributed by atoms with van der Waals surface area (Å²) in [6.45, 7) is 6.58. The Kier molecular flexibility index (Phi) is 13.8. The van der Waals surface area contributed by atoms with E-state index in [1.54, 1.807) is 19.1 Å². The summed E-state index contributed by atoms with van der Waals surface area (Å²) in [6, 6.07) is 3.29. The smallest absolute Gasteiger partial charge is 0.200 e. The summed E-state index contributed by atoms with van der Waals surface area (Å²) in [6.07, 6.45) is 18.8. The Balaban J connectivity index is 0.000000287. The average Bonchev–Trinajstić information content (AvgIpc) is 2.85. The zero-order valence-corrected chi connectivity index (χ0v) is 22.0. The molecule has 0 aliphatic heterocycles. The molecule has 0 atom stereocenters. The first kappa shape index (κ1) is 28.8. The second-order valence-corrected chi connectivity index (χ2v) is 10.4. The maximum absolute atomic E-state index is 14.3. The third-order valence-corrected chi connectivity index (χ3v) is 7.76. The molecule has 0 saturated heterocycles. The van der Waals surface area contributed by atoms with Gasteiger partial charge in [0.05, 0.1) is 6.61 Å². The fourth-order valence-electron chi connectivity index (χ4n) is 5.55. The highest BCUT2D eigenvalue weighted by Crippen LogP contribution is 2.40. The SMILES string of the molecule is CCCCCC1CCC(=O)CC1.CCCCCC1CCC(c2ccc(OCC)c(F)c2F)CC1. The lowest BCUT2D eigenvalue weighted by molar-refractivity contribution is -0.121. The number of rotatable bonds is 11. The molecule has 2 aliphatic rings. The van der Waals surface area contributed by atoms with Gasteiger partial charge < -0.3 is 4.74 Å². The predicted molar refractivity (Wildman–Crippen MR) is 137 cm³/mol. The fraction of sp³-hybridized carbons (Fsp3) is 0.767. The van der Waals surface area contributed by atoms with E-state index in [4.69, 9.17) is 4.74 Å². The zero-order valence-electron chi connectivity index (χ0n) is 22.0. The maximum atomic E-state index is 14.3. The largest absolute Gasteiger partial charge is 0.491 e. The highest BCUT2D eigenvalue weighted by atomic mass is 19.2. The molecular weight excluding hydrogens is 430 g/mol. The maximum Gasteiger partial charge on any atom is 0.200 e.